The zero-order valence-corrected chi connectivity index (χ0v) is 11.8. The molecule has 1 aromatic heterocycles. The van der Waals surface area contributed by atoms with Crippen LogP contribution in [0.2, 0.25) is 0 Å². The van der Waals surface area contributed by atoms with Crippen LogP contribution in [0.3, 0.4) is 0 Å². The molecule has 3 aromatic rings. The minimum Gasteiger partial charge on any atom is -0.252 e. The van der Waals surface area contributed by atoms with Gasteiger partial charge in [0.25, 0.3) is 0 Å². The third-order valence-electron chi connectivity index (χ3n) is 4.05. The summed E-state index contributed by atoms with van der Waals surface area (Å²) < 4.78 is 0. The van der Waals surface area contributed by atoms with Crippen molar-refractivity contribution in [2.24, 2.45) is 0 Å². The van der Waals surface area contributed by atoms with Crippen LogP contribution in [-0.4, -0.2) is 4.98 Å². The first kappa shape index (κ1) is 12.2. The van der Waals surface area contributed by atoms with Gasteiger partial charge in [-0.05, 0) is 36.3 Å². The molecule has 1 atom stereocenters. The highest BCUT2D eigenvalue weighted by molar-refractivity contribution is 6.06. The predicted molar refractivity (Wildman–Crippen MR) is 82.7 cm³/mol. The molecule has 1 unspecified atom stereocenters. The summed E-state index contributed by atoms with van der Waals surface area (Å²) in [4.78, 5) is 4.93. The van der Waals surface area contributed by atoms with Crippen molar-refractivity contribution in [1.29, 1.82) is 0 Å². The van der Waals surface area contributed by atoms with E-state index >= 15 is 0 Å². The maximum atomic E-state index is 4.93. The molecule has 0 bridgehead atoms. The summed E-state index contributed by atoms with van der Waals surface area (Å²) in [5.74, 6) is 0.516. The Morgan fingerprint density at radius 3 is 2.63 bits per heavy atom. The highest BCUT2D eigenvalue weighted by atomic mass is 14.7. The molecular weight excluding hydrogens is 230 g/mol. The van der Waals surface area contributed by atoms with Crippen LogP contribution in [0, 0.1) is 6.92 Å². The number of aryl methyl sites for hydroxylation is 1. The van der Waals surface area contributed by atoms with Gasteiger partial charge in [0.05, 0.1) is 5.52 Å². The predicted octanol–water partition coefficient (Wildman–Crippen LogP) is 5.21. The fraction of sp³-hybridized carbons (Fsp3) is 0.278. The minimum absolute atomic E-state index is 0.516. The normalized spacial score (nSPS) is 13.0. The van der Waals surface area contributed by atoms with E-state index in [4.69, 9.17) is 4.98 Å². The molecule has 0 aliphatic heterocycles. The summed E-state index contributed by atoms with van der Waals surface area (Å²) in [6.07, 6.45) is 1.13. The van der Waals surface area contributed by atoms with Gasteiger partial charge in [-0.3, -0.25) is 4.98 Å². The number of pyridine rings is 1. The van der Waals surface area contributed by atoms with Gasteiger partial charge in [0.1, 0.15) is 0 Å². The lowest BCUT2D eigenvalue weighted by molar-refractivity contribution is 0.711. The zero-order chi connectivity index (χ0) is 13.4. The highest BCUT2D eigenvalue weighted by Gasteiger charge is 2.10. The smallest absolute Gasteiger partial charge is 0.0786 e. The fourth-order valence-corrected chi connectivity index (χ4v) is 2.62. The molecule has 0 fully saturated rings. The number of hydrogen-bond donors (Lipinski definition) is 0. The van der Waals surface area contributed by atoms with Gasteiger partial charge in [0.15, 0.2) is 0 Å². The van der Waals surface area contributed by atoms with E-state index in [-0.39, 0.29) is 0 Å². The first-order chi connectivity index (χ1) is 9.20. The largest absolute Gasteiger partial charge is 0.252 e. The quantitative estimate of drug-likeness (QED) is 0.568. The van der Waals surface area contributed by atoms with Gasteiger partial charge in [-0.15, -0.1) is 0 Å². The van der Waals surface area contributed by atoms with Crippen molar-refractivity contribution < 1.29 is 0 Å². The van der Waals surface area contributed by atoms with Crippen molar-refractivity contribution in [1.82, 2.24) is 4.98 Å². The second-order valence-corrected chi connectivity index (χ2v) is 5.36. The van der Waals surface area contributed by atoms with E-state index in [1.54, 1.807) is 0 Å². The van der Waals surface area contributed by atoms with Crippen LogP contribution in [-0.2, 0) is 0 Å². The van der Waals surface area contributed by atoms with Gasteiger partial charge in [-0.25, -0.2) is 0 Å². The Labute approximate surface area is 114 Å². The molecule has 96 valence electrons. The monoisotopic (exact) mass is 249 g/mol. The van der Waals surface area contributed by atoms with Crippen LogP contribution in [0.5, 0.6) is 0 Å². The standard InChI is InChI=1S/C18H19N/c1-4-12(2)17-11-13(3)15-10-9-14-7-5-6-8-16(14)18(15)19-17/h5-12H,4H2,1-3H3. The van der Waals surface area contributed by atoms with Gasteiger partial charge in [-0.2, -0.15) is 0 Å². The van der Waals surface area contributed by atoms with Gasteiger partial charge in [0, 0.05) is 16.5 Å². The Morgan fingerprint density at radius 1 is 1.05 bits per heavy atom. The van der Waals surface area contributed by atoms with E-state index in [2.05, 4.69) is 63.2 Å². The highest BCUT2D eigenvalue weighted by Crippen LogP contribution is 2.29. The van der Waals surface area contributed by atoms with Crippen molar-refractivity contribution in [3.8, 4) is 0 Å². The van der Waals surface area contributed by atoms with Crippen molar-refractivity contribution in [3.63, 3.8) is 0 Å². The van der Waals surface area contributed by atoms with E-state index in [0.29, 0.717) is 5.92 Å². The van der Waals surface area contributed by atoms with Gasteiger partial charge < -0.3 is 0 Å². The first-order valence-electron chi connectivity index (χ1n) is 6.99. The molecule has 0 radical (unpaired) electrons. The van der Waals surface area contributed by atoms with Crippen LogP contribution >= 0.6 is 0 Å². The molecular formula is C18H19N. The van der Waals surface area contributed by atoms with E-state index in [0.717, 1.165) is 11.9 Å². The Kier molecular flexibility index (Phi) is 2.98. The summed E-state index contributed by atoms with van der Waals surface area (Å²) in [5, 5.41) is 3.79. The van der Waals surface area contributed by atoms with Crippen LogP contribution in [0.15, 0.2) is 42.5 Å². The minimum atomic E-state index is 0.516. The summed E-state index contributed by atoms with van der Waals surface area (Å²) in [7, 11) is 0. The molecule has 3 rings (SSSR count). The topological polar surface area (TPSA) is 12.9 Å². The van der Waals surface area contributed by atoms with Crippen molar-refractivity contribution in [3.05, 3.63) is 53.7 Å². The van der Waals surface area contributed by atoms with Gasteiger partial charge in [-0.1, -0.05) is 50.2 Å². The molecule has 0 amide bonds. The molecule has 1 heteroatoms. The Bertz CT molecular complexity index is 743. The molecule has 0 saturated heterocycles. The Balaban J connectivity index is 2.40. The molecule has 2 aromatic carbocycles. The lowest BCUT2D eigenvalue weighted by Crippen LogP contribution is -1.98. The van der Waals surface area contributed by atoms with Crippen LogP contribution in [0.1, 0.15) is 37.4 Å². The lowest BCUT2D eigenvalue weighted by Gasteiger charge is -2.12. The van der Waals surface area contributed by atoms with Crippen LogP contribution in [0.25, 0.3) is 21.7 Å². The maximum absolute atomic E-state index is 4.93. The van der Waals surface area contributed by atoms with Crippen molar-refractivity contribution >= 4 is 21.7 Å². The zero-order valence-electron chi connectivity index (χ0n) is 11.8. The fourth-order valence-electron chi connectivity index (χ4n) is 2.62. The van der Waals surface area contributed by atoms with Crippen molar-refractivity contribution in [2.75, 3.05) is 0 Å². The molecule has 1 heterocycles. The van der Waals surface area contributed by atoms with Crippen LogP contribution < -0.4 is 0 Å². The number of rotatable bonds is 2. The van der Waals surface area contributed by atoms with E-state index in [1.165, 1.54) is 27.4 Å². The van der Waals surface area contributed by atoms with E-state index in [1.807, 2.05) is 0 Å². The molecule has 0 spiro atoms. The summed E-state index contributed by atoms with van der Waals surface area (Å²) >= 11 is 0. The molecule has 19 heavy (non-hydrogen) atoms. The maximum Gasteiger partial charge on any atom is 0.0786 e. The number of benzene rings is 2. The molecule has 0 saturated carbocycles. The average molecular weight is 249 g/mol. The lowest BCUT2D eigenvalue weighted by atomic mass is 9.98. The van der Waals surface area contributed by atoms with Crippen LogP contribution in [0.4, 0.5) is 0 Å². The summed E-state index contributed by atoms with van der Waals surface area (Å²) in [5.41, 5.74) is 3.68. The van der Waals surface area contributed by atoms with Crippen molar-refractivity contribution in [2.45, 2.75) is 33.1 Å². The molecule has 0 aliphatic carbocycles. The number of nitrogens with zero attached hydrogens (tertiary/aromatic N) is 1. The number of fused-ring (bicyclic) bond motifs is 3. The SMILES string of the molecule is CCC(C)c1cc(C)c2ccc3ccccc3c2n1. The number of aromatic nitrogens is 1. The van der Waals surface area contributed by atoms with Gasteiger partial charge >= 0.3 is 0 Å². The third kappa shape index (κ3) is 1.99. The second-order valence-electron chi connectivity index (χ2n) is 5.36. The molecule has 1 nitrogen and oxygen atoms in total. The number of hydrogen-bond acceptors (Lipinski definition) is 1. The second kappa shape index (κ2) is 4.65. The summed E-state index contributed by atoms with van der Waals surface area (Å²) in [6.45, 7) is 6.65. The average Bonchev–Trinajstić information content (AvgIpc) is 2.46. The Morgan fingerprint density at radius 2 is 1.84 bits per heavy atom. The molecule has 0 aliphatic rings. The Hall–Kier alpha value is -1.89. The first-order valence-corrected chi connectivity index (χ1v) is 6.99. The summed E-state index contributed by atoms with van der Waals surface area (Å²) in [6, 6.07) is 15.1. The van der Waals surface area contributed by atoms with Gasteiger partial charge in [0.2, 0.25) is 0 Å². The van der Waals surface area contributed by atoms with E-state index < -0.39 is 0 Å². The third-order valence-corrected chi connectivity index (χ3v) is 4.05. The molecule has 0 N–H and O–H groups in total. The van der Waals surface area contributed by atoms with E-state index in [9.17, 15) is 0 Å².